The van der Waals surface area contributed by atoms with Gasteiger partial charge in [0.1, 0.15) is 5.75 Å². The topological polar surface area (TPSA) is 74.6 Å². The zero-order chi connectivity index (χ0) is 18.4. The van der Waals surface area contributed by atoms with Gasteiger partial charge in [-0.1, -0.05) is 17.7 Å². The first kappa shape index (κ1) is 18.1. The number of anilines is 2. The number of carbonyl (C=O) groups is 1. The molecule has 26 heavy (non-hydrogen) atoms. The highest BCUT2D eigenvalue weighted by molar-refractivity contribution is 6.34. The fraction of sp³-hybridized carbons (Fsp3) is 0.263. The summed E-state index contributed by atoms with van der Waals surface area (Å²) in [5, 5.41) is 12.2. The Morgan fingerprint density at radius 1 is 1.23 bits per heavy atom. The molecule has 0 radical (unpaired) electrons. The summed E-state index contributed by atoms with van der Waals surface area (Å²) in [5.41, 5.74) is 1.98. The van der Waals surface area contributed by atoms with Crippen molar-refractivity contribution in [2.24, 2.45) is 0 Å². The summed E-state index contributed by atoms with van der Waals surface area (Å²) in [4.78, 5) is 14.4. The molecule has 0 saturated carbocycles. The van der Waals surface area contributed by atoms with Crippen LogP contribution in [-0.4, -0.2) is 38.8 Å². The average Bonchev–Trinajstić information content (AvgIpc) is 2.67. The fourth-order valence-corrected chi connectivity index (χ4v) is 2.98. The summed E-state index contributed by atoms with van der Waals surface area (Å²) in [5.74, 6) is 0.241. The second-order valence-electron chi connectivity index (χ2n) is 5.71. The van der Waals surface area contributed by atoms with Gasteiger partial charge in [0.25, 0.3) is 5.91 Å². The molecule has 1 heterocycles. The normalized spacial score (nSPS) is 13.8. The van der Waals surface area contributed by atoms with Crippen LogP contribution in [-0.2, 0) is 9.53 Å². The predicted octanol–water partition coefficient (Wildman–Crippen LogP) is 3.07. The van der Waals surface area contributed by atoms with Crippen molar-refractivity contribution in [2.45, 2.75) is 0 Å². The van der Waals surface area contributed by atoms with Crippen molar-refractivity contribution in [3.8, 4) is 11.8 Å². The molecule has 1 aliphatic heterocycles. The van der Waals surface area contributed by atoms with Crippen LogP contribution in [0.25, 0.3) is 0 Å². The SMILES string of the molecule is N#Cc1ccc(OCC(=O)Nc2cccc(Cl)c2N2CCOCC2)cc1. The first-order valence-electron chi connectivity index (χ1n) is 8.21. The molecule has 0 aromatic heterocycles. The van der Waals surface area contributed by atoms with Crippen LogP contribution in [0.15, 0.2) is 42.5 Å². The molecule has 1 saturated heterocycles. The van der Waals surface area contributed by atoms with Gasteiger partial charge in [-0.2, -0.15) is 5.26 Å². The molecule has 0 spiro atoms. The average molecular weight is 372 g/mol. The maximum absolute atomic E-state index is 12.3. The number of amides is 1. The van der Waals surface area contributed by atoms with Gasteiger partial charge in [0.2, 0.25) is 0 Å². The maximum atomic E-state index is 12.3. The van der Waals surface area contributed by atoms with Crippen molar-refractivity contribution < 1.29 is 14.3 Å². The lowest BCUT2D eigenvalue weighted by molar-refractivity contribution is -0.118. The van der Waals surface area contributed by atoms with E-state index < -0.39 is 0 Å². The first-order valence-corrected chi connectivity index (χ1v) is 8.59. The van der Waals surface area contributed by atoms with Gasteiger partial charge in [-0.3, -0.25) is 4.79 Å². The molecule has 2 aromatic carbocycles. The molecule has 1 N–H and O–H groups in total. The molecule has 0 atom stereocenters. The Morgan fingerprint density at radius 3 is 2.65 bits per heavy atom. The van der Waals surface area contributed by atoms with Crippen molar-refractivity contribution in [3.05, 3.63) is 53.1 Å². The fourth-order valence-electron chi connectivity index (χ4n) is 2.69. The van der Waals surface area contributed by atoms with Crippen LogP contribution in [0, 0.1) is 11.3 Å². The van der Waals surface area contributed by atoms with E-state index in [-0.39, 0.29) is 12.5 Å². The number of morpholine rings is 1. The van der Waals surface area contributed by atoms with Gasteiger partial charge in [0.15, 0.2) is 6.61 Å². The smallest absolute Gasteiger partial charge is 0.262 e. The maximum Gasteiger partial charge on any atom is 0.262 e. The van der Waals surface area contributed by atoms with E-state index >= 15 is 0 Å². The van der Waals surface area contributed by atoms with Crippen molar-refractivity contribution >= 4 is 28.9 Å². The zero-order valence-electron chi connectivity index (χ0n) is 14.1. The summed E-state index contributed by atoms with van der Waals surface area (Å²) in [6.07, 6.45) is 0. The predicted molar refractivity (Wildman–Crippen MR) is 99.8 cm³/mol. The Bertz CT molecular complexity index is 812. The lowest BCUT2D eigenvalue weighted by atomic mass is 10.2. The summed E-state index contributed by atoms with van der Waals surface area (Å²) in [7, 11) is 0. The number of rotatable bonds is 5. The van der Waals surface area contributed by atoms with Gasteiger partial charge in [0, 0.05) is 13.1 Å². The van der Waals surface area contributed by atoms with Gasteiger partial charge in [-0.05, 0) is 36.4 Å². The quantitative estimate of drug-likeness (QED) is 0.874. The largest absolute Gasteiger partial charge is 0.484 e. The standard InChI is InChI=1S/C19H18ClN3O3/c20-16-2-1-3-17(19(16)23-8-10-25-11-9-23)22-18(24)13-26-15-6-4-14(12-21)5-7-15/h1-7H,8-11,13H2,(H,22,24). The van der Waals surface area contributed by atoms with E-state index in [4.69, 9.17) is 26.3 Å². The zero-order valence-corrected chi connectivity index (χ0v) is 14.8. The van der Waals surface area contributed by atoms with E-state index in [0.717, 1.165) is 5.69 Å². The third-order valence-electron chi connectivity index (χ3n) is 3.94. The number of hydrogen-bond acceptors (Lipinski definition) is 5. The van der Waals surface area contributed by atoms with Gasteiger partial charge in [-0.15, -0.1) is 0 Å². The molecule has 0 unspecified atom stereocenters. The second-order valence-corrected chi connectivity index (χ2v) is 6.12. The highest BCUT2D eigenvalue weighted by atomic mass is 35.5. The van der Waals surface area contributed by atoms with Gasteiger partial charge in [0.05, 0.1) is 41.2 Å². The molecule has 1 fully saturated rings. The van der Waals surface area contributed by atoms with Crippen molar-refractivity contribution in [3.63, 3.8) is 0 Å². The Hall–Kier alpha value is -2.75. The molecule has 1 amide bonds. The Kier molecular flexibility index (Phi) is 5.95. The van der Waals surface area contributed by atoms with E-state index in [0.29, 0.717) is 48.3 Å². The van der Waals surface area contributed by atoms with Crippen LogP contribution < -0.4 is 15.0 Å². The first-order chi connectivity index (χ1) is 12.7. The molecule has 7 heteroatoms. The molecule has 134 valence electrons. The van der Waals surface area contributed by atoms with Gasteiger partial charge < -0.3 is 19.7 Å². The minimum absolute atomic E-state index is 0.138. The summed E-state index contributed by atoms with van der Waals surface area (Å²) in [6.45, 7) is 2.55. The highest BCUT2D eigenvalue weighted by Gasteiger charge is 2.19. The number of nitriles is 1. The van der Waals surface area contributed by atoms with E-state index in [1.165, 1.54) is 0 Å². The van der Waals surface area contributed by atoms with Gasteiger partial charge in [-0.25, -0.2) is 0 Å². The molecule has 1 aliphatic rings. The molecule has 0 aliphatic carbocycles. The number of benzene rings is 2. The number of nitrogens with one attached hydrogen (secondary N) is 1. The summed E-state index contributed by atoms with van der Waals surface area (Å²) in [6, 6.07) is 14.0. The Labute approximate surface area is 156 Å². The van der Waals surface area contributed by atoms with E-state index in [1.54, 1.807) is 36.4 Å². The van der Waals surface area contributed by atoms with Crippen LogP contribution in [0.3, 0.4) is 0 Å². The van der Waals surface area contributed by atoms with Crippen LogP contribution in [0.4, 0.5) is 11.4 Å². The van der Waals surface area contributed by atoms with Gasteiger partial charge >= 0.3 is 0 Å². The number of ether oxygens (including phenoxy) is 2. The minimum Gasteiger partial charge on any atom is -0.484 e. The highest BCUT2D eigenvalue weighted by Crippen LogP contribution is 2.34. The summed E-state index contributed by atoms with van der Waals surface area (Å²) < 4.78 is 10.8. The van der Waals surface area contributed by atoms with Crippen LogP contribution in [0.5, 0.6) is 5.75 Å². The number of halogens is 1. The Morgan fingerprint density at radius 2 is 1.96 bits per heavy atom. The molecule has 3 rings (SSSR count). The van der Waals surface area contributed by atoms with Crippen molar-refractivity contribution in [1.29, 1.82) is 5.26 Å². The molecule has 2 aromatic rings. The van der Waals surface area contributed by atoms with Crippen LogP contribution >= 0.6 is 11.6 Å². The van der Waals surface area contributed by atoms with E-state index in [2.05, 4.69) is 10.2 Å². The second kappa shape index (κ2) is 8.56. The molecular weight excluding hydrogens is 354 g/mol. The molecule has 6 nitrogen and oxygen atoms in total. The number of nitrogens with zero attached hydrogens (tertiary/aromatic N) is 2. The van der Waals surface area contributed by atoms with Crippen LogP contribution in [0.2, 0.25) is 5.02 Å². The van der Waals surface area contributed by atoms with Crippen LogP contribution in [0.1, 0.15) is 5.56 Å². The monoisotopic (exact) mass is 371 g/mol. The van der Waals surface area contributed by atoms with Crippen molar-refractivity contribution in [2.75, 3.05) is 43.1 Å². The third kappa shape index (κ3) is 4.45. The molecule has 0 bridgehead atoms. The number of hydrogen-bond donors (Lipinski definition) is 1. The lowest BCUT2D eigenvalue weighted by Crippen LogP contribution is -2.37. The van der Waals surface area contributed by atoms with E-state index in [9.17, 15) is 4.79 Å². The minimum atomic E-state index is -0.286. The number of carbonyl (C=O) groups excluding carboxylic acids is 1. The Balaban J connectivity index is 1.65. The molecular formula is C19H18ClN3O3. The summed E-state index contributed by atoms with van der Waals surface area (Å²) >= 11 is 6.36. The van der Waals surface area contributed by atoms with E-state index in [1.807, 2.05) is 12.1 Å². The number of para-hydroxylation sites is 1. The van der Waals surface area contributed by atoms with Crippen molar-refractivity contribution in [1.82, 2.24) is 0 Å². The third-order valence-corrected chi connectivity index (χ3v) is 4.25. The lowest BCUT2D eigenvalue weighted by Gasteiger charge is -2.31.